The number of hydrogen-bond acceptors (Lipinski definition) is 4. The number of aryl methyl sites for hydroxylation is 1. The number of anilines is 1. The molecule has 0 amide bonds. The summed E-state index contributed by atoms with van der Waals surface area (Å²) in [7, 11) is 0. The first kappa shape index (κ1) is 17.2. The minimum atomic E-state index is -0.994. The van der Waals surface area contributed by atoms with Gasteiger partial charge in [-0.15, -0.1) is 0 Å². The van der Waals surface area contributed by atoms with Crippen LogP contribution in [0.2, 0.25) is 5.02 Å². The number of halogens is 1. The lowest BCUT2D eigenvalue weighted by molar-refractivity contribution is 0.0695. The largest absolute Gasteiger partial charge is 0.477 e. The summed E-state index contributed by atoms with van der Waals surface area (Å²) in [5.41, 5.74) is 1.54. The summed E-state index contributed by atoms with van der Waals surface area (Å²) in [6.07, 6.45) is 0.527. The monoisotopic (exact) mass is 333 g/mol. The van der Waals surface area contributed by atoms with Crippen LogP contribution >= 0.6 is 11.6 Å². The van der Waals surface area contributed by atoms with Crippen LogP contribution in [-0.2, 0) is 6.42 Å². The topological polar surface area (TPSA) is 66.3 Å². The highest BCUT2D eigenvalue weighted by Gasteiger charge is 2.23. The Balaban J connectivity index is 2.68. The molecule has 0 aliphatic heterocycles. The first-order chi connectivity index (χ1) is 11.0. The highest BCUT2D eigenvalue weighted by Crippen LogP contribution is 2.26. The van der Waals surface area contributed by atoms with Gasteiger partial charge in [0.1, 0.15) is 11.4 Å². The summed E-state index contributed by atoms with van der Waals surface area (Å²) < 4.78 is 0. The molecule has 0 spiro atoms. The molecule has 6 heteroatoms. The number of nitrogens with zero attached hydrogens (tertiary/aromatic N) is 3. The van der Waals surface area contributed by atoms with Crippen molar-refractivity contribution >= 4 is 23.4 Å². The maximum absolute atomic E-state index is 11.7. The average molecular weight is 334 g/mol. The second kappa shape index (κ2) is 7.42. The molecule has 1 N–H and O–H groups in total. The van der Waals surface area contributed by atoms with E-state index in [-0.39, 0.29) is 5.56 Å². The Labute approximate surface area is 141 Å². The van der Waals surface area contributed by atoms with Gasteiger partial charge >= 0.3 is 5.97 Å². The van der Waals surface area contributed by atoms with E-state index in [0.29, 0.717) is 41.9 Å². The minimum absolute atomic E-state index is 0.189. The first-order valence-electron chi connectivity index (χ1n) is 7.66. The predicted molar refractivity (Wildman–Crippen MR) is 92.4 cm³/mol. The number of rotatable bonds is 6. The fourth-order valence-corrected chi connectivity index (χ4v) is 2.57. The third-order valence-electron chi connectivity index (χ3n) is 3.68. The van der Waals surface area contributed by atoms with Crippen molar-refractivity contribution < 1.29 is 9.90 Å². The molecule has 0 saturated carbocycles. The number of aromatic carboxylic acids is 1. The van der Waals surface area contributed by atoms with E-state index in [1.807, 2.05) is 37.8 Å². The van der Waals surface area contributed by atoms with Gasteiger partial charge in [0.2, 0.25) is 0 Å². The van der Waals surface area contributed by atoms with Crippen LogP contribution in [0, 0.1) is 0 Å². The molecule has 0 fully saturated rings. The molecule has 0 unspecified atom stereocenters. The van der Waals surface area contributed by atoms with Crippen LogP contribution in [0.5, 0.6) is 0 Å². The van der Waals surface area contributed by atoms with Crippen molar-refractivity contribution in [2.75, 3.05) is 18.0 Å². The maximum Gasteiger partial charge on any atom is 0.341 e. The number of carbonyl (C=O) groups is 1. The van der Waals surface area contributed by atoms with Crippen molar-refractivity contribution in [2.24, 2.45) is 0 Å². The molecule has 0 atom stereocenters. The van der Waals surface area contributed by atoms with E-state index in [0.717, 1.165) is 5.56 Å². The molecular weight excluding hydrogens is 314 g/mol. The standard InChI is InChI=1S/C17H20ClN3O2/c1-4-13-14(17(22)23)16(21(5-2)6-3)20-15(19-13)11-7-9-12(18)10-8-11/h7-10H,4-6H2,1-3H3,(H,22,23). The zero-order chi connectivity index (χ0) is 17.0. The Hall–Kier alpha value is -2.14. The Morgan fingerprint density at radius 3 is 2.22 bits per heavy atom. The van der Waals surface area contributed by atoms with Crippen molar-refractivity contribution in [1.82, 2.24) is 9.97 Å². The molecular formula is C17H20ClN3O2. The lowest BCUT2D eigenvalue weighted by Gasteiger charge is -2.23. The van der Waals surface area contributed by atoms with Gasteiger partial charge in [0.05, 0.1) is 5.69 Å². The van der Waals surface area contributed by atoms with Gasteiger partial charge in [0.15, 0.2) is 5.82 Å². The van der Waals surface area contributed by atoms with Crippen molar-refractivity contribution in [3.05, 3.63) is 40.5 Å². The highest BCUT2D eigenvalue weighted by molar-refractivity contribution is 6.30. The Morgan fingerprint density at radius 2 is 1.74 bits per heavy atom. The summed E-state index contributed by atoms with van der Waals surface area (Å²) in [6, 6.07) is 7.22. The molecule has 122 valence electrons. The molecule has 0 bridgehead atoms. The lowest BCUT2D eigenvalue weighted by atomic mass is 10.1. The van der Waals surface area contributed by atoms with Crippen LogP contribution in [0.3, 0.4) is 0 Å². The Bertz CT molecular complexity index is 698. The van der Waals surface area contributed by atoms with Gasteiger partial charge in [0, 0.05) is 23.7 Å². The number of hydrogen-bond donors (Lipinski definition) is 1. The number of carboxylic acids is 1. The third kappa shape index (κ3) is 3.62. The predicted octanol–water partition coefficient (Wildman–Crippen LogP) is 3.90. The quantitative estimate of drug-likeness (QED) is 0.868. The van der Waals surface area contributed by atoms with Gasteiger partial charge in [0.25, 0.3) is 0 Å². The van der Waals surface area contributed by atoms with Crippen LogP contribution < -0.4 is 4.90 Å². The Morgan fingerprint density at radius 1 is 1.13 bits per heavy atom. The molecule has 2 rings (SSSR count). The fourth-order valence-electron chi connectivity index (χ4n) is 2.45. The minimum Gasteiger partial charge on any atom is -0.477 e. The molecule has 0 aliphatic carbocycles. The van der Waals surface area contributed by atoms with Gasteiger partial charge in [-0.05, 0) is 44.5 Å². The first-order valence-corrected chi connectivity index (χ1v) is 8.04. The maximum atomic E-state index is 11.7. The third-order valence-corrected chi connectivity index (χ3v) is 3.93. The van der Waals surface area contributed by atoms with E-state index in [2.05, 4.69) is 9.97 Å². The highest BCUT2D eigenvalue weighted by atomic mass is 35.5. The lowest BCUT2D eigenvalue weighted by Crippen LogP contribution is -2.27. The van der Waals surface area contributed by atoms with Crippen LogP contribution in [0.4, 0.5) is 5.82 Å². The molecule has 1 aromatic carbocycles. The normalized spacial score (nSPS) is 10.6. The molecule has 1 aromatic heterocycles. The van der Waals surface area contributed by atoms with Crippen LogP contribution in [0.1, 0.15) is 36.8 Å². The average Bonchev–Trinajstić information content (AvgIpc) is 2.55. The van der Waals surface area contributed by atoms with E-state index < -0.39 is 5.97 Å². The summed E-state index contributed by atoms with van der Waals surface area (Å²) >= 11 is 5.92. The van der Waals surface area contributed by atoms with Crippen LogP contribution in [0.15, 0.2) is 24.3 Å². The SMILES string of the molecule is CCc1nc(-c2ccc(Cl)cc2)nc(N(CC)CC)c1C(=O)O. The van der Waals surface area contributed by atoms with Gasteiger partial charge in [-0.25, -0.2) is 14.8 Å². The number of carboxylic acid groups (broad SMARTS) is 1. The van der Waals surface area contributed by atoms with E-state index >= 15 is 0 Å². The number of aromatic nitrogens is 2. The molecule has 0 radical (unpaired) electrons. The zero-order valence-electron chi connectivity index (χ0n) is 13.5. The summed E-state index contributed by atoms with van der Waals surface area (Å²) in [5, 5.41) is 10.2. The van der Waals surface area contributed by atoms with Crippen LogP contribution in [0.25, 0.3) is 11.4 Å². The second-order valence-corrected chi connectivity index (χ2v) is 5.47. The molecule has 0 aliphatic rings. The van der Waals surface area contributed by atoms with Gasteiger partial charge in [-0.3, -0.25) is 0 Å². The van der Waals surface area contributed by atoms with Gasteiger partial charge < -0.3 is 10.0 Å². The van der Waals surface area contributed by atoms with E-state index in [1.165, 1.54) is 0 Å². The summed E-state index contributed by atoms with van der Waals surface area (Å²) in [5.74, 6) is -0.00359. The smallest absolute Gasteiger partial charge is 0.341 e. The van der Waals surface area contributed by atoms with Crippen molar-refractivity contribution in [3.8, 4) is 11.4 Å². The molecule has 2 aromatic rings. The fraction of sp³-hybridized carbons (Fsp3) is 0.353. The van der Waals surface area contributed by atoms with Crippen molar-refractivity contribution in [1.29, 1.82) is 0 Å². The molecule has 0 saturated heterocycles. The van der Waals surface area contributed by atoms with Crippen molar-refractivity contribution in [3.63, 3.8) is 0 Å². The van der Waals surface area contributed by atoms with Gasteiger partial charge in [-0.2, -0.15) is 0 Å². The molecule has 5 nitrogen and oxygen atoms in total. The van der Waals surface area contributed by atoms with Gasteiger partial charge in [-0.1, -0.05) is 18.5 Å². The zero-order valence-corrected chi connectivity index (χ0v) is 14.3. The van der Waals surface area contributed by atoms with E-state index in [1.54, 1.807) is 12.1 Å². The Kier molecular flexibility index (Phi) is 5.55. The van der Waals surface area contributed by atoms with E-state index in [4.69, 9.17) is 11.6 Å². The molecule has 23 heavy (non-hydrogen) atoms. The molecule has 1 heterocycles. The summed E-state index contributed by atoms with van der Waals surface area (Å²) in [4.78, 5) is 22.6. The van der Waals surface area contributed by atoms with Crippen LogP contribution in [-0.4, -0.2) is 34.1 Å². The van der Waals surface area contributed by atoms with E-state index in [9.17, 15) is 9.90 Å². The van der Waals surface area contributed by atoms with Crippen molar-refractivity contribution in [2.45, 2.75) is 27.2 Å². The second-order valence-electron chi connectivity index (χ2n) is 5.03. The summed E-state index contributed by atoms with van der Waals surface area (Å²) in [6.45, 7) is 7.20. The number of benzene rings is 1.